The monoisotopic (exact) mass is 362 g/mol. The molecule has 0 aromatic heterocycles. The fraction of sp³-hybridized carbons (Fsp3) is 0.182. The van der Waals surface area contributed by atoms with Crippen LogP contribution in [0.1, 0.15) is 23.6 Å². The molecule has 5 nitrogen and oxygen atoms in total. The standard InChI is InChI=1S/C22H22N2O3/c1-2-17-6-10-20(11-7-17)23-15-19-4-3-5-22(14-19)27-16-18-8-12-21(13-9-18)24(25)26/h3-14,23H,2,15-16H2,1H3. The van der Waals surface area contributed by atoms with Gasteiger partial charge in [-0.05, 0) is 59.5 Å². The number of nitro benzene ring substituents is 1. The number of ether oxygens (including phenoxy) is 1. The maximum absolute atomic E-state index is 10.7. The van der Waals surface area contributed by atoms with Gasteiger partial charge in [-0.1, -0.05) is 31.2 Å². The number of hydrogen-bond acceptors (Lipinski definition) is 4. The lowest BCUT2D eigenvalue weighted by Crippen LogP contribution is -2.01. The molecule has 0 heterocycles. The summed E-state index contributed by atoms with van der Waals surface area (Å²) in [5, 5.41) is 14.1. The van der Waals surface area contributed by atoms with Crippen molar-refractivity contribution >= 4 is 11.4 Å². The third-order valence-electron chi connectivity index (χ3n) is 4.31. The first kappa shape index (κ1) is 18.5. The molecule has 0 aliphatic heterocycles. The van der Waals surface area contributed by atoms with Gasteiger partial charge in [-0.25, -0.2) is 0 Å². The van der Waals surface area contributed by atoms with Crippen molar-refractivity contribution in [2.75, 3.05) is 5.32 Å². The van der Waals surface area contributed by atoms with E-state index in [1.165, 1.54) is 17.7 Å². The Labute approximate surface area is 158 Å². The lowest BCUT2D eigenvalue weighted by Gasteiger charge is -2.10. The van der Waals surface area contributed by atoms with Gasteiger partial charge in [-0.15, -0.1) is 0 Å². The van der Waals surface area contributed by atoms with Gasteiger partial charge < -0.3 is 10.1 Å². The second kappa shape index (κ2) is 8.85. The summed E-state index contributed by atoms with van der Waals surface area (Å²) in [6.07, 6.45) is 1.04. The van der Waals surface area contributed by atoms with Crippen LogP contribution < -0.4 is 10.1 Å². The van der Waals surface area contributed by atoms with Gasteiger partial charge in [-0.3, -0.25) is 10.1 Å². The van der Waals surface area contributed by atoms with Gasteiger partial charge in [0.1, 0.15) is 12.4 Å². The molecular weight excluding hydrogens is 340 g/mol. The van der Waals surface area contributed by atoms with Gasteiger partial charge in [0.2, 0.25) is 0 Å². The summed E-state index contributed by atoms with van der Waals surface area (Å²) >= 11 is 0. The summed E-state index contributed by atoms with van der Waals surface area (Å²) in [6.45, 7) is 3.22. The van der Waals surface area contributed by atoms with Gasteiger partial charge in [0.15, 0.2) is 0 Å². The summed E-state index contributed by atoms with van der Waals surface area (Å²) in [6, 6.07) is 22.8. The van der Waals surface area contributed by atoms with Crippen LogP contribution in [0.4, 0.5) is 11.4 Å². The molecule has 0 aliphatic rings. The topological polar surface area (TPSA) is 64.4 Å². The number of nitrogens with zero attached hydrogens (tertiary/aromatic N) is 1. The molecule has 0 unspecified atom stereocenters. The number of hydrogen-bond donors (Lipinski definition) is 1. The molecule has 0 saturated heterocycles. The number of benzene rings is 3. The maximum atomic E-state index is 10.7. The lowest BCUT2D eigenvalue weighted by atomic mass is 10.1. The number of rotatable bonds is 8. The van der Waals surface area contributed by atoms with E-state index < -0.39 is 4.92 Å². The van der Waals surface area contributed by atoms with Crippen LogP contribution in [0.15, 0.2) is 72.8 Å². The average Bonchev–Trinajstić information content (AvgIpc) is 2.72. The van der Waals surface area contributed by atoms with Gasteiger partial charge in [0, 0.05) is 24.4 Å². The van der Waals surface area contributed by atoms with E-state index in [-0.39, 0.29) is 5.69 Å². The van der Waals surface area contributed by atoms with Crippen molar-refractivity contribution in [3.8, 4) is 5.75 Å². The highest BCUT2D eigenvalue weighted by molar-refractivity contribution is 5.45. The van der Waals surface area contributed by atoms with Gasteiger partial charge in [-0.2, -0.15) is 0 Å². The molecule has 3 rings (SSSR count). The predicted molar refractivity (Wildman–Crippen MR) is 107 cm³/mol. The van der Waals surface area contributed by atoms with E-state index in [0.29, 0.717) is 13.2 Å². The largest absolute Gasteiger partial charge is 0.489 e. The zero-order chi connectivity index (χ0) is 19.1. The quantitative estimate of drug-likeness (QED) is 0.433. The number of non-ortho nitro benzene ring substituents is 1. The van der Waals surface area contributed by atoms with E-state index in [2.05, 4.69) is 36.5 Å². The minimum absolute atomic E-state index is 0.0822. The van der Waals surface area contributed by atoms with Crippen LogP contribution in [0, 0.1) is 10.1 Å². The van der Waals surface area contributed by atoms with Crippen molar-refractivity contribution in [2.24, 2.45) is 0 Å². The molecule has 138 valence electrons. The second-order valence-electron chi connectivity index (χ2n) is 6.26. The molecule has 0 saturated carbocycles. The lowest BCUT2D eigenvalue weighted by molar-refractivity contribution is -0.384. The molecule has 0 radical (unpaired) electrons. The number of nitro groups is 1. The van der Waals surface area contributed by atoms with Gasteiger partial charge in [0.25, 0.3) is 5.69 Å². The first-order valence-electron chi connectivity index (χ1n) is 8.92. The predicted octanol–water partition coefficient (Wildman–Crippen LogP) is 5.35. The fourth-order valence-electron chi connectivity index (χ4n) is 2.69. The Balaban J connectivity index is 1.55. The Morgan fingerprint density at radius 1 is 0.926 bits per heavy atom. The number of nitrogens with one attached hydrogen (secondary N) is 1. The first-order chi connectivity index (χ1) is 13.1. The third-order valence-corrected chi connectivity index (χ3v) is 4.31. The summed E-state index contributed by atoms with van der Waals surface area (Å²) in [5.74, 6) is 0.772. The number of aryl methyl sites for hydroxylation is 1. The summed E-state index contributed by atoms with van der Waals surface area (Å²) in [7, 11) is 0. The van der Waals surface area contributed by atoms with Crippen molar-refractivity contribution in [3.05, 3.63) is 99.6 Å². The summed E-state index contributed by atoms with van der Waals surface area (Å²) < 4.78 is 5.82. The Morgan fingerprint density at radius 3 is 2.30 bits per heavy atom. The van der Waals surface area contributed by atoms with Crippen molar-refractivity contribution in [3.63, 3.8) is 0 Å². The Hall–Kier alpha value is -3.34. The second-order valence-corrected chi connectivity index (χ2v) is 6.26. The van der Waals surface area contributed by atoms with E-state index in [0.717, 1.165) is 29.0 Å². The van der Waals surface area contributed by atoms with Crippen LogP contribution in [-0.4, -0.2) is 4.92 Å². The van der Waals surface area contributed by atoms with Gasteiger partial charge in [0.05, 0.1) is 4.92 Å². The smallest absolute Gasteiger partial charge is 0.269 e. The minimum Gasteiger partial charge on any atom is -0.489 e. The van der Waals surface area contributed by atoms with Crippen LogP contribution in [0.2, 0.25) is 0 Å². The highest BCUT2D eigenvalue weighted by Crippen LogP contribution is 2.18. The zero-order valence-corrected chi connectivity index (χ0v) is 15.2. The molecule has 27 heavy (non-hydrogen) atoms. The van der Waals surface area contributed by atoms with Crippen molar-refractivity contribution in [2.45, 2.75) is 26.5 Å². The highest BCUT2D eigenvalue weighted by atomic mass is 16.6. The maximum Gasteiger partial charge on any atom is 0.269 e. The van der Waals surface area contributed by atoms with Crippen LogP contribution in [0.5, 0.6) is 5.75 Å². The summed E-state index contributed by atoms with van der Waals surface area (Å²) in [5.41, 5.74) is 4.50. The third kappa shape index (κ3) is 5.31. The molecule has 1 N–H and O–H groups in total. The Morgan fingerprint density at radius 2 is 1.63 bits per heavy atom. The molecule has 0 spiro atoms. The minimum atomic E-state index is -0.406. The van der Waals surface area contributed by atoms with Gasteiger partial charge >= 0.3 is 0 Å². The molecule has 0 fully saturated rings. The molecule has 3 aromatic carbocycles. The molecule has 5 heteroatoms. The first-order valence-corrected chi connectivity index (χ1v) is 8.92. The zero-order valence-electron chi connectivity index (χ0n) is 15.2. The van der Waals surface area contributed by atoms with Crippen molar-refractivity contribution < 1.29 is 9.66 Å². The fourth-order valence-corrected chi connectivity index (χ4v) is 2.69. The van der Waals surface area contributed by atoms with E-state index in [1.807, 2.05) is 24.3 Å². The molecule has 0 bridgehead atoms. The van der Waals surface area contributed by atoms with Crippen LogP contribution in [-0.2, 0) is 19.6 Å². The van der Waals surface area contributed by atoms with Crippen LogP contribution >= 0.6 is 0 Å². The Kier molecular flexibility index (Phi) is 6.05. The molecule has 0 amide bonds. The average molecular weight is 362 g/mol. The summed E-state index contributed by atoms with van der Waals surface area (Å²) in [4.78, 5) is 10.3. The van der Waals surface area contributed by atoms with E-state index in [9.17, 15) is 10.1 Å². The van der Waals surface area contributed by atoms with Crippen molar-refractivity contribution in [1.82, 2.24) is 0 Å². The molecule has 0 aliphatic carbocycles. The van der Waals surface area contributed by atoms with Crippen LogP contribution in [0.25, 0.3) is 0 Å². The SMILES string of the molecule is CCc1ccc(NCc2cccc(OCc3ccc([N+](=O)[O-])cc3)c2)cc1. The van der Waals surface area contributed by atoms with E-state index in [1.54, 1.807) is 12.1 Å². The normalized spacial score (nSPS) is 10.4. The molecule has 0 atom stereocenters. The van der Waals surface area contributed by atoms with E-state index in [4.69, 9.17) is 4.74 Å². The molecular formula is C22H22N2O3. The number of anilines is 1. The van der Waals surface area contributed by atoms with Crippen molar-refractivity contribution in [1.29, 1.82) is 0 Å². The van der Waals surface area contributed by atoms with E-state index >= 15 is 0 Å². The Bertz CT molecular complexity index is 890. The van der Waals surface area contributed by atoms with Crippen LogP contribution in [0.3, 0.4) is 0 Å². The molecule has 3 aromatic rings. The highest BCUT2D eigenvalue weighted by Gasteiger charge is 2.04.